The normalized spacial score (nSPS) is 19.1. The van der Waals surface area contributed by atoms with Gasteiger partial charge in [-0.1, -0.05) is 47.0 Å². The van der Waals surface area contributed by atoms with E-state index in [1.807, 2.05) is 58.0 Å². The molecule has 0 bridgehead atoms. The van der Waals surface area contributed by atoms with Crippen molar-refractivity contribution in [2.45, 2.75) is 51.7 Å². The second-order valence-corrected chi connectivity index (χ2v) is 9.76. The van der Waals surface area contributed by atoms with E-state index in [0.717, 1.165) is 11.1 Å². The minimum atomic E-state index is -0.577. The van der Waals surface area contributed by atoms with Gasteiger partial charge in [-0.3, -0.25) is 4.79 Å². The molecule has 2 atom stereocenters. The van der Waals surface area contributed by atoms with Gasteiger partial charge >= 0.3 is 6.09 Å². The van der Waals surface area contributed by atoms with E-state index in [1.165, 1.54) is 0 Å². The first kappa shape index (κ1) is 23.4. The number of halogens is 2. The fourth-order valence-electron chi connectivity index (χ4n) is 3.65. The van der Waals surface area contributed by atoms with Gasteiger partial charge < -0.3 is 15.0 Å². The van der Waals surface area contributed by atoms with Crippen molar-refractivity contribution in [2.24, 2.45) is 0 Å². The van der Waals surface area contributed by atoms with E-state index in [0.29, 0.717) is 35.1 Å². The summed E-state index contributed by atoms with van der Waals surface area (Å²) in [6.45, 7) is 8.41. The van der Waals surface area contributed by atoms with Crippen LogP contribution in [0.25, 0.3) is 0 Å². The summed E-state index contributed by atoms with van der Waals surface area (Å²) in [5.74, 6) is -0.286. The number of rotatable bonds is 3. The fourth-order valence-corrected chi connectivity index (χ4v) is 3.96. The third kappa shape index (κ3) is 6.14. The minimum absolute atomic E-state index is 0.138. The summed E-state index contributed by atoms with van der Waals surface area (Å²) in [6.07, 6.45) is 0.239. The minimum Gasteiger partial charge on any atom is -0.444 e. The van der Waals surface area contributed by atoms with E-state index in [1.54, 1.807) is 17.0 Å². The number of hydrogen-bond donors (Lipinski definition) is 1. The Labute approximate surface area is 193 Å². The van der Waals surface area contributed by atoms with Gasteiger partial charge in [0.1, 0.15) is 5.60 Å². The molecule has 2 unspecified atom stereocenters. The molecule has 0 radical (unpaired) electrons. The summed E-state index contributed by atoms with van der Waals surface area (Å²) in [4.78, 5) is 27.2. The van der Waals surface area contributed by atoms with Crippen LogP contribution in [0.2, 0.25) is 10.0 Å². The Morgan fingerprint density at radius 1 is 1.06 bits per heavy atom. The highest BCUT2D eigenvalue weighted by molar-refractivity contribution is 6.42. The number of carbonyl (C=O) groups is 2. The van der Waals surface area contributed by atoms with Gasteiger partial charge in [-0.15, -0.1) is 0 Å². The number of carbonyl (C=O) groups excluding carboxylic acids is 2. The molecule has 2 aromatic rings. The van der Waals surface area contributed by atoms with Crippen molar-refractivity contribution < 1.29 is 14.3 Å². The quantitative estimate of drug-likeness (QED) is 0.624. The fraction of sp³-hybridized carbons (Fsp3) is 0.417. The van der Waals surface area contributed by atoms with Crippen LogP contribution in [0.4, 0.5) is 4.79 Å². The summed E-state index contributed by atoms with van der Waals surface area (Å²) in [5.41, 5.74) is 2.04. The highest BCUT2D eigenvalue weighted by Crippen LogP contribution is 2.32. The highest BCUT2D eigenvalue weighted by atomic mass is 35.5. The predicted octanol–water partition coefficient (Wildman–Crippen LogP) is 5.82. The molecule has 1 N–H and O–H groups in total. The summed E-state index contributed by atoms with van der Waals surface area (Å²) >= 11 is 12.4. The highest BCUT2D eigenvalue weighted by Gasteiger charge is 2.35. The van der Waals surface area contributed by atoms with Crippen molar-refractivity contribution >= 4 is 35.2 Å². The maximum atomic E-state index is 12.9. The molecular formula is C24H28Cl2N2O3. The Morgan fingerprint density at radius 2 is 1.74 bits per heavy atom. The zero-order valence-electron chi connectivity index (χ0n) is 18.2. The first-order chi connectivity index (χ1) is 14.5. The second kappa shape index (κ2) is 9.49. The van der Waals surface area contributed by atoms with Crippen LogP contribution in [-0.4, -0.2) is 41.6 Å². The molecule has 1 saturated heterocycles. The van der Waals surface area contributed by atoms with Crippen molar-refractivity contribution in [3.8, 4) is 0 Å². The number of hydrogen-bond acceptors (Lipinski definition) is 3. The van der Waals surface area contributed by atoms with Crippen LogP contribution in [0.5, 0.6) is 0 Å². The lowest BCUT2D eigenvalue weighted by Gasteiger charge is -2.39. The Bertz CT molecular complexity index is 954. The molecule has 1 heterocycles. The van der Waals surface area contributed by atoms with Crippen LogP contribution in [0, 0.1) is 6.92 Å². The first-order valence-electron chi connectivity index (χ1n) is 10.3. The molecule has 0 aromatic heterocycles. The van der Waals surface area contributed by atoms with Crippen LogP contribution in [0.1, 0.15) is 54.6 Å². The monoisotopic (exact) mass is 462 g/mol. The number of piperidine rings is 1. The first-order valence-corrected chi connectivity index (χ1v) is 11.1. The van der Waals surface area contributed by atoms with Gasteiger partial charge in [0, 0.05) is 30.6 Å². The third-order valence-corrected chi connectivity index (χ3v) is 6.01. The number of amides is 2. The average molecular weight is 463 g/mol. The summed E-state index contributed by atoms with van der Waals surface area (Å²) in [6, 6.07) is 12.7. The van der Waals surface area contributed by atoms with Gasteiger partial charge in [-0.2, -0.15) is 0 Å². The molecule has 5 nitrogen and oxygen atoms in total. The number of likely N-dealkylation sites (tertiary alicyclic amines) is 1. The molecule has 7 heteroatoms. The lowest BCUT2D eigenvalue weighted by molar-refractivity contribution is 0.0177. The van der Waals surface area contributed by atoms with Crippen LogP contribution in [0.3, 0.4) is 0 Å². The number of aryl methyl sites for hydroxylation is 1. The maximum absolute atomic E-state index is 12.9. The van der Waals surface area contributed by atoms with Gasteiger partial charge in [0.2, 0.25) is 0 Å². The Morgan fingerprint density at radius 3 is 2.35 bits per heavy atom. The van der Waals surface area contributed by atoms with Crippen molar-refractivity contribution in [2.75, 3.05) is 13.1 Å². The van der Waals surface area contributed by atoms with E-state index < -0.39 is 5.60 Å². The van der Waals surface area contributed by atoms with E-state index in [2.05, 4.69) is 5.32 Å². The maximum Gasteiger partial charge on any atom is 0.410 e. The van der Waals surface area contributed by atoms with E-state index in [4.69, 9.17) is 27.9 Å². The molecule has 0 spiro atoms. The molecule has 166 valence electrons. The zero-order valence-corrected chi connectivity index (χ0v) is 19.8. The van der Waals surface area contributed by atoms with E-state index in [9.17, 15) is 9.59 Å². The zero-order chi connectivity index (χ0) is 22.8. The second-order valence-electron chi connectivity index (χ2n) is 8.94. The molecule has 0 aliphatic carbocycles. The van der Waals surface area contributed by atoms with Gasteiger partial charge in [0.15, 0.2) is 0 Å². The van der Waals surface area contributed by atoms with Crippen molar-refractivity contribution in [1.29, 1.82) is 0 Å². The molecule has 3 rings (SSSR count). The van der Waals surface area contributed by atoms with E-state index >= 15 is 0 Å². The predicted molar refractivity (Wildman–Crippen MR) is 124 cm³/mol. The molecule has 0 saturated carbocycles. The Hall–Kier alpha value is -2.24. The van der Waals surface area contributed by atoms with Gasteiger partial charge in [-0.05, 0) is 63.9 Å². The summed E-state index contributed by atoms with van der Waals surface area (Å²) < 4.78 is 5.55. The lowest BCUT2D eigenvalue weighted by Crippen LogP contribution is -2.52. The largest absolute Gasteiger partial charge is 0.444 e. The van der Waals surface area contributed by atoms with Crippen LogP contribution >= 0.6 is 23.2 Å². The SMILES string of the molecule is Cc1ccc(C(=O)NC2CCN(C(=O)OC(C)(C)C)CC2c2ccc(Cl)c(Cl)c2)cc1. The van der Waals surface area contributed by atoms with Crippen LogP contribution in [-0.2, 0) is 4.74 Å². The molecule has 1 aliphatic heterocycles. The lowest BCUT2D eigenvalue weighted by atomic mass is 9.86. The third-order valence-electron chi connectivity index (χ3n) is 5.27. The molecule has 1 fully saturated rings. The molecule has 2 amide bonds. The van der Waals surface area contributed by atoms with Crippen molar-refractivity contribution in [3.63, 3.8) is 0 Å². The number of nitrogens with zero attached hydrogens (tertiary/aromatic N) is 1. The summed E-state index contributed by atoms with van der Waals surface area (Å²) in [5, 5.41) is 4.06. The van der Waals surface area contributed by atoms with E-state index in [-0.39, 0.29) is 24.0 Å². The molecule has 2 aromatic carbocycles. The number of ether oxygens (including phenoxy) is 1. The molecule has 1 aliphatic rings. The average Bonchev–Trinajstić information content (AvgIpc) is 2.69. The van der Waals surface area contributed by atoms with Crippen molar-refractivity contribution in [1.82, 2.24) is 10.2 Å². The van der Waals surface area contributed by atoms with Crippen LogP contribution in [0.15, 0.2) is 42.5 Å². The number of benzene rings is 2. The van der Waals surface area contributed by atoms with Gasteiger partial charge in [-0.25, -0.2) is 4.79 Å². The topological polar surface area (TPSA) is 58.6 Å². The number of nitrogens with one attached hydrogen (secondary N) is 1. The summed E-state index contributed by atoms with van der Waals surface area (Å²) in [7, 11) is 0. The Balaban J connectivity index is 1.83. The standard InChI is InChI=1S/C24H28Cl2N2O3/c1-15-5-7-16(8-6-15)22(29)27-21-11-12-28(23(30)31-24(2,3)4)14-18(21)17-9-10-19(25)20(26)13-17/h5-10,13,18,21H,11-12,14H2,1-4H3,(H,27,29). The van der Waals surface area contributed by atoms with Gasteiger partial charge in [0.05, 0.1) is 10.0 Å². The molecule has 31 heavy (non-hydrogen) atoms. The van der Waals surface area contributed by atoms with Crippen molar-refractivity contribution in [3.05, 3.63) is 69.2 Å². The van der Waals surface area contributed by atoms with Gasteiger partial charge in [0.25, 0.3) is 5.91 Å². The Kier molecular flexibility index (Phi) is 7.17. The van der Waals surface area contributed by atoms with Crippen LogP contribution < -0.4 is 5.32 Å². The molecular weight excluding hydrogens is 435 g/mol. The smallest absolute Gasteiger partial charge is 0.410 e.